The zero-order chi connectivity index (χ0) is 31.3. The number of nitrogen functional groups attached to an aromatic ring is 1. The lowest BCUT2D eigenvalue weighted by atomic mass is 9.95. The second-order valence-electron chi connectivity index (χ2n) is 13.7. The molecule has 0 spiro atoms. The summed E-state index contributed by atoms with van der Waals surface area (Å²) in [6.45, 7) is 3.02. The third-order valence-electron chi connectivity index (χ3n) is 10.7. The fourth-order valence-electron chi connectivity index (χ4n) is 8.53. The maximum Gasteiger partial charge on any atom is 0.319 e. The van der Waals surface area contributed by atoms with Crippen molar-refractivity contribution in [1.29, 1.82) is 0 Å². The quantitative estimate of drug-likeness (QED) is 0.285. The average molecular weight is 636 g/mol. The lowest BCUT2D eigenvalue weighted by Crippen LogP contribution is -2.51. The summed E-state index contributed by atoms with van der Waals surface area (Å²) in [5, 5.41) is 3.95. The van der Waals surface area contributed by atoms with Crippen molar-refractivity contribution in [3.8, 4) is 23.0 Å². The predicted octanol–water partition coefficient (Wildman–Crippen LogP) is 5.08. The third-order valence-corrected chi connectivity index (χ3v) is 10.7. The number of nitrogens with two attached hydrogens (primary N) is 1. The number of methoxy groups -OCH3 is 1. The number of anilines is 2. The van der Waals surface area contributed by atoms with Gasteiger partial charge in [-0.1, -0.05) is 0 Å². The summed E-state index contributed by atoms with van der Waals surface area (Å²) in [7, 11) is 1.47. The van der Waals surface area contributed by atoms with E-state index in [-0.39, 0.29) is 47.0 Å². The van der Waals surface area contributed by atoms with Crippen molar-refractivity contribution in [2.75, 3.05) is 50.5 Å². The standard InChI is InChI=1S/C33H36F3N7O3/c1-44-31-20(25-21(35)10-22(36)28-26(25)24(16-3-4-16)29(37)46-28)9-23-27(40-31)30(42-13-18-5-6-19(14-42)38-18)41-32(39-23)45-15-33-7-2-8-43(33)12-17(34)11-33/h9-10,16-19,38H,2-8,11-15,37H2,1H3/t17-,18?,19?,33+/m1/s1. The summed E-state index contributed by atoms with van der Waals surface area (Å²) >= 11 is 0. The monoisotopic (exact) mass is 635 g/mol. The molecule has 7 heterocycles. The Balaban J connectivity index is 1.21. The summed E-state index contributed by atoms with van der Waals surface area (Å²) in [6.07, 6.45) is 5.26. The maximum atomic E-state index is 15.9. The molecule has 10 nitrogen and oxygen atoms in total. The van der Waals surface area contributed by atoms with E-state index in [1.165, 1.54) is 7.11 Å². The summed E-state index contributed by atoms with van der Waals surface area (Å²) in [5.41, 5.74) is 7.69. The van der Waals surface area contributed by atoms with E-state index in [4.69, 9.17) is 34.6 Å². The van der Waals surface area contributed by atoms with Crippen LogP contribution in [0.3, 0.4) is 0 Å². The number of ether oxygens (including phenoxy) is 2. The summed E-state index contributed by atoms with van der Waals surface area (Å²) < 4.78 is 63.3. The van der Waals surface area contributed by atoms with Gasteiger partial charge in [-0.05, 0) is 57.1 Å². The first kappa shape index (κ1) is 28.4. The first-order chi connectivity index (χ1) is 22.3. The number of fused-ring (bicyclic) bond motifs is 5. The van der Waals surface area contributed by atoms with Crippen molar-refractivity contribution in [1.82, 2.24) is 25.2 Å². The summed E-state index contributed by atoms with van der Waals surface area (Å²) in [4.78, 5) is 19.0. The smallest absolute Gasteiger partial charge is 0.319 e. The largest absolute Gasteiger partial charge is 0.481 e. The van der Waals surface area contributed by atoms with Gasteiger partial charge in [-0.3, -0.25) is 4.90 Å². The fourth-order valence-corrected chi connectivity index (χ4v) is 8.53. The Morgan fingerprint density at radius 2 is 1.87 bits per heavy atom. The average Bonchev–Trinajstić information content (AvgIpc) is 3.42. The van der Waals surface area contributed by atoms with Crippen LogP contribution in [0.2, 0.25) is 0 Å². The van der Waals surface area contributed by atoms with Gasteiger partial charge in [0, 0.05) is 66.3 Å². The zero-order valence-corrected chi connectivity index (χ0v) is 25.6. The minimum absolute atomic E-state index is 0.0617. The molecule has 242 valence electrons. The van der Waals surface area contributed by atoms with E-state index in [0.717, 1.165) is 64.2 Å². The molecule has 0 radical (unpaired) electrons. The molecule has 5 fully saturated rings. The SMILES string of the molecule is COc1nc2c(N3CC4CCC(C3)N4)nc(OC[C@@]34CCCN3C[C@H](F)C4)nc2cc1-c1c(F)cc(F)c2oc(N)c(C3CC3)c12. The van der Waals surface area contributed by atoms with Crippen LogP contribution in [0.25, 0.3) is 33.1 Å². The Bertz CT molecular complexity index is 1870. The second-order valence-corrected chi connectivity index (χ2v) is 13.7. The number of nitrogens with zero attached hydrogens (tertiary/aromatic N) is 5. The van der Waals surface area contributed by atoms with Crippen molar-refractivity contribution in [2.45, 2.75) is 74.7 Å². The molecule has 3 N–H and O–H groups in total. The third kappa shape index (κ3) is 4.41. The Hall–Kier alpha value is -3.84. The van der Waals surface area contributed by atoms with Crippen molar-refractivity contribution >= 4 is 33.7 Å². The highest BCUT2D eigenvalue weighted by Crippen LogP contribution is 2.52. The van der Waals surface area contributed by atoms with Gasteiger partial charge >= 0.3 is 6.01 Å². The van der Waals surface area contributed by atoms with Gasteiger partial charge < -0.3 is 29.8 Å². The van der Waals surface area contributed by atoms with Gasteiger partial charge in [-0.2, -0.15) is 9.97 Å². The van der Waals surface area contributed by atoms with E-state index in [2.05, 4.69) is 15.1 Å². The number of halogens is 3. The molecule has 1 aromatic carbocycles. The van der Waals surface area contributed by atoms with Gasteiger partial charge in [0.15, 0.2) is 23.1 Å². The van der Waals surface area contributed by atoms with Gasteiger partial charge in [-0.15, -0.1) is 0 Å². The Labute approximate surface area is 263 Å². The highest BCUT2D eigenvalue weighted by Gasteiger charge is 2.49. The zero-order valence-electron chi connectivity index (χ0n) is 25.6. The number of nitrogens with one attached hydrogen (secondary N) is 1. The number of furan rings is 1. The molecule has 46 heavy (non-hydrogen) atoms. The molecule has 4 atom stereocenters. The van der Waals surface area contributed by atoms with Crippen LogP contribution in [0.4, 0.5) is 24.9 Å². The molecule has 2 bridgehead atoms. The molecule has 9 rings (SSSR count). The Morgan fingerprint density at radius 3 is 2.63 bits per heavy atom. The molecule has 5 aliphatic rings. The van der Waals surface area contributed by atoms with Crippen LogP contribution in [-0.4, -0.2) is 83.5 Å². The van der Waals surface area contributed by atoms with E-state index in [1.807, 2.05) is 0 Å². The van der Waals surface area contributed by atoms with Crippen LogP contribution in [0.5, 0.6) is 11.9 Å². The van der Waals surface area contributed by atoms with Crippen molar-refractivity contribution in [3.63, 3.8) is 0 Å². The van der Waals surface area contributed by atoms with Crippen molar-refractivity contribution < 1.29 is 27.1 Å². The van der Waals surface area contributed by atoms with Gasteiger partial charge in [0.2, 0.25) is 5.88 Å². The molecule has 3 aromatic heterocycles. The minimum Gasteiger partial charge on any atom is -0.481 e. The van der Waals surface area contributed by atoms with Crippen LogP contribution in [0, 0.1) is 11.6 Å². The van der Waals surface area contributed by atoms with Gasteiger partial charge in [0.25, 0.3) is 0 Å². The maximum absolute atomic E-state index is 15.9. The lowest BCUT2D eigenvalue weighted by molar-refractivity contribution is 0.107. The van der Waals surface area contributed by atoms with Gasteiger partial charge in [0.1, 0.15) is 24.1 Å². The van der Waals surface area contributed by atoms with Crippen LogP contribution in [0.15, 0.2) is 16.5 Å². The number of benzene rings is 1. The van der Waals surface area contributed by atoms with E-state index in [0.29, 0.717) is 58.4 Å². The van der Waals surface area contributed by atoms with Crippen molar-refractivity contribution in [3.05, 3.63) is 29.3 Å². The van der Waals surface area contributed by atoms with Crippen LogP contribution in [-0.2, 0) is 0 Å². The molecule has 13 heteroatoms. The number of alkyl halides is 1. The first-order valence-electron chi connectivity index (χ1n) is 16.3. The first-order valence-corrected chi connectivity index (χ1v) is 16.3. The highest BCUT2D eigenvalue weighted by molar-refractivity contribution is 6.03. The van der Waals surface area contributed by atoms with Crippen LogP contribution < -0.4 is 25.4 Å². The molecule has 4 saturated heterocycles. The van der Waals surface area contributed by atoms with E-state index < -0.39 is 17.8 Å². The number of pyridine rings is 1. The number of aromatic nitrogens is 3. The van der Waals surface area contributed by atoms with E-state index in [9.17, 15) is 4.39 Å². The molecule has 4 aliphatic heterocycles. The number of hydrogen-bond acceptors (Lipinski definition) is 10. The number of hydrogen-bond donors (Lipinski definition) is 2. The molecule has 0 amide bonds. The van der Waals surface area contributed by atoms with E-state index >= 15 is 8.78 Å². The van der Waals surface area contributed by atoms with Gasteiger partial charge in [0.05, 0.1) is 18.2 Å². The lowest BCUT2D eigenvalue weighted by Gasteiger charge is -2.34. The predicted molar refractivity (Wildman–Crippen MR) is 166 cm³/mol. The molecule has 1 saturated carbocycles. The van der Waals surface area contributed by atoms with Crippen LogP contribution >= 0.6 is 0 Å². The second kappa shape index (κ2) is 10.3. The fraction of sp³-hybridized carbons (Fsp3) is 0.545. The summed E-state index contributed by atoms with van der Waals surface area (Å²) in [5.74, 6) is -0.690. The molecule has 1 aliphatic carbocycles. The minimum atomic E-state index is -0.882. The molecule has 4 aromatic rings. The van der Waals surface area contributed by atoms with Gasteiger partial charge in [-0.25, -0.2) is 18.2 Å². The summed E-state index contributed by atoms with van der Waals surface area (Å²) in [6, 6.07) is 3.33. The Kier molecular flexibility index (Phi) is 6.38. The normalized spacial score (nSPS) is 27.7. The Morgan fingerprint density at radius 1 is 1.07 bits per heavy atom. The highest BCUT2D eigenvalue weighted by atomic mass is 19.1. The topological polar surface area (TPSA) is 115 Å². The molecule has 2 unspecified atom stereocenters. The van der Waals surface area contributed by atoms with Crippen LogP contribution in [0.1, 0.15) is 56.4 Å². The van der Waals surface area contributed by atoms with Crippen molar-refractivity contribution in [2.24, 2.45) is 0 Å². The van der Waals surface area contributed by atoms with E-state index in [1.54, 1.807) is 6.07 Å². The number of rotatable bonds is 7. The molecular formula is C33H36F3N7O3. The number of piperazine rings is 1. The molecular weight excluding hydrogens is 599 g/mol.